The predicted octanol–water partition coefficient (Wildman–Crippen LogP) is 2.38. The van der Waals surface area contributed by atoms with Crippen LogP contribution in [0.1, 0.15) is 12.6 Å². The molecule has 0 unspecified atom stereocenters. The lowest BCUT2D eigenvalue weighted by Gasteiger charge is -2.06. The molecule has 0 aliphatic rings. The first-order valence-electron chi connectivity index (χ1n) is 4.78. The van der Waals surface area contributed by atoms with E-state index in [4.69, 9.17) is 11.6 Å². The molecule has 1 aromatic carbocycles. The molecule has 1 aromatic heterocycles. The summed E-state index contributed by atoms with van der Waals surface area (Å²) in [5, 5.41) is 0.578. The fraction of sp³-hybridized carbons (Fsp3) is 0.182. The van der Waals surface area contributed by atoms with Crippen molar-refractivity contribution in [2.45, 2.75) is 13.3 Å². The number of benzene rings is 1. The number of aromatic amines is 1. The Labute approximate surface area is 92.3 Å². The summed E-state index contributed by atoms with van der Waals surface area (Å²) in [5.41, 5.74) is 1.50. The van der Waals surface area contributed by atoms with Gasteiger partial charge in [0, 0.05) is 11.9 Å². The van der Waals surface area contributed by atoms with E-state index >= 15 is 0 Å². The molecular formula is C11H11ClN2O. The van der Waals surface area contributed by atoms with Crippen molar-refractivity contribution < 1.29 is 0 Å². The first-order chi connectivity index (χ1) is 7.24. The van der Waals surface area contributed by atoms with Gasteiger partial charge in [0.2, 0.25) is 0 Å². The van der Waals surface area contributed by atoms with E-state index in [1.165, 1.54) is 0 Å². The van der Waals surface area contributed by atoms with Crippen molar-refractivity contribution in [3.05, 3.63) is 51.7 Å². The number of imidazole rings is 1. The zero-order valence-corrected chi connectivity index (χ0v) is 9.08. The number of aryl methyl sites for hydroxylation is 1. The normalized spacial score (nSPS) is 10.5. The second-order valence-corrected chi connectivity index (χ2v) is 3.63. The van der Waals surface area contributed by atoms with Crippen molar-refractivity contribution in [3.63, 3.8) is 0 Å². The highest BCUT2D eigenvalue weighted by Gasteiger charge is 2.09. The first-order valence-corrected chi connectivity index (χ1v) is 5.16. The van der Waals surface area contributed by atoms with E-state index in [-0.39, 0.29) is 5.69 Å². The quantitative estimate of drug-likeness (QED) is 0.833. The number of H-pyrrole nitrogens is 1. The van der Waals surface area contributed by atoms with Gasteiger partial charge < -0.3 is 4.98 Å². The highest BCUT2D eigenvalue weighted by molar-refractivity contribution is 6.32. The SMILES string of the molecule is CCc1c[nH]c(=O)n1-c1ccccc1Cl. The van der Waals surface area contributed by atoms with Crippen molar-refractivity contribution >= 4 is 11.6 Å². The van der Waals surface area contributed by atoms with Crippen LogP contribution in [0.5, 0.6) is 0 Å². The molecule has 0 aliphatic heterocycles. The minimum absolute atomic E-state index is 0.153. The van der Waals surface area contributed by atoms with Crippen molar-refractivity contribution in [2.75, 3.05) is 0 Å². The van der Waals surface area contributed by atoms with Gasteiger partial charge in [-0.3, -0.25) is 4.57 Å². The van der Waals surface area contributed by atoms with Gasteiger partial charge in [-0.15, -0.1) is 0 Å². The lowest BCUT2D eigenvalue weighted by molar-refractivity contribution is 0.899. The average molecular weight is 223 g/mol. The van der Waals surface area contributed by atoms with Crippen LogP contribution in [0.25, 0.3) is 5.69 Å². The lowest BCUT2D eigenvalue weighted by atomic mass is 10.3. The number of nitrogens with zero attached hydrogens (tertiary/aromatic N) is 1. The summed E-state index contributed by atoms with van der Waals surface area (Å²) in [5.74, 6) is 0. The largest absolute Gasteiger partial charge is 0.330 e. The summed E-state index contributed by atoms with van der Waals surface area (Å²) in [7, 11) is 0. The molecule has 4 heteroatoms. The van der Waals surface area contributed by atoms with Crippen molar-refractivity contribution in [1.82, 2.24) is 9.55 Å². The lowest BCUT2D eigenvalue weighted by Crippen LogP contribution is -2.17. The summed E-state index contributed by atoms with van der Waals surface area (Å²) in [6.07, 6.45) is 2.50. The minimum Gasteiger partial charge on any atom is -0.312 e. The van der Waals surface area contributed by atoms with Crippen molar-refractivity contribution in [1.29, 1.82) is 0 Å². The molecule has 78 valence electrons. The highest BCUT2D eigenvalue weighted by Crippen LogP contribution is 2.19. The average Bonchev–Trinajstić information content (AvgIpc) is 2.60. The maximum absolute atomic E-state index is 11.6. The highest BCUT2D eigenvalue weighted by atomic mass is 35.5. The Bertz CT molecular complexity index is 527. The smallest absolute Gasteiger partial charge is 0.312 e. The third kappa shape index (κ3) is 1.70. The second-order valence-electron chi connectivity index (χ2n) is 3.23. The zero-order chi connectivity index (χ0) is 10.8. The maximum atomic E-state index is 11.6. The molecule has 0 bridgehead atoms. The topological polar surface area (TPSA) is 37.8 Å². The van der Waals surface area contributed by atoms with Crippen LogP contribution in [0.2, 0.25) is 5.02 Å². The molecule has 2 rings (SSSR count). The van der Waals surface area contributed by atoms with Gasteiger partial charge >= 0.3 is 5.69 Å². The number of aromatic nitrogens is 2. The molecule has 2 aromatic rings. The van der Waals surface area contributed by atoms with Crippen LogP contribution < -0.4 is 5.69 Å². The molecule has 1 N–H and O–H groups in total. The number of rotatable bonds is 2. The summed E-state index contributed by atoms with van der Waals surface area (Å²) in [4.78, 5) is 14.3. The Morgan fingerprint density at radius 1 is 1.40 bits per heavy atom. The van der Waals surface area contributed by atoms with E-state index < -0.39 is 0 Å². The first kappa shape index (κ1) is 10.1. The van der Waals surface area contributed by atoms with Gasteiger partial charge in [-0.1, -0.05) is 30.7 Å². The summed E-state index contributed by atoms with van der Waals surface area (Å²) >= 11 is 6.04. The van der Waals surface area contributed by atoms with Crippen LogP contribution >= 0.6 is 11.6 Å². The number of hydrogen-bond acceptors (Lipinski definition) is 1. The monoisotopic (exact) mass is 222 g/mol. The molecular weight excluding hydrogens is 212 g/mol. The van der Waals surface area contributed by atoms with Crippen LogP contribution in [0.4, 0.5) is 0 Å². The predicted molar refractivity (Wildman–Crippen MR) is 60.8 cm³/mol. The van der Waals surface area contributed by atoms with E-state index in [0.717, 1.165) is 17.8 Å². The Morgan fingerprint density at radius 3 is 2.80 bits per heavy atom. The molecule has 0 saturated heterocycles. The minimum atomic E-state index is -0.153. The second kappa shape index (κ2) is 3.95. The van der Waals surface area contributed by atoms with Gasteiger partial charge in [-0.25, -0.2) is 4.79 Å². The van der Waals surface area contributed by atoms with Crippen LogP contribution in [-0.2, 0) is 6.42 Å². The molecule has 3 nitrogen and oxygen atoms in total. The van der Waals surface area contributed by atoms with Crippen LogP contribution in [-0.4, -0.2) is 9.55 Å². The summed E-state index contributed by atoms with van der Waals surface area (Å²) in [6.45, 7) is 2.00. The van der Waals surface area contributed by atoms with Crippen LogP contribution in [0.3, 0.4) is 0 Å². The van der Waals surface area contributed by atoms with E-state index in [1.807, 2.05) is 25.1 Å². The Balaban J connectivity index is 2.68. The zero-order valence-electron chi connectivity index (χ0n) is 8.33. The number of nitrogens with one attached hydrogen (secondary N) is 1. The van der Waals surface area contributed by atoms with Gasteiger partial charge in [0.05, 0.1) is 10.7 Å². The van der Waals surface area contributed by atoms with Crippen LogP contribution in [0, 0.1) is 0 Å². The van der Waals surface area contributed by atoms with Crippen molar-refractivity contribution in [3.8, 4) is 5.69 Å². The van der Waals surface area contributed by atoms with Gasteiger partial charge in [0.25, 0.3) is 0 Å². The Kier molecular flexibility index (Phi) is 2.64. The van der Waals surface area contributed by atoms with E-state index in [1.54, 1.807) is 16.8 Å². The number of hydrogen-bond donors (Lipinski definition) is 1. The third-order valence-electron chi connectivity index (χ3n) is 2.31. The number of halogens is 1. The van der Waals surface area contributed by atoms with Gasteiger partial charge in [-0.2, -0.15) is 0 Å². The standard InChI is InChI=1S/C11H11ClN2O/c1-2-8-7-13-11(15)14(8)10-6-4-3-5-9(10)12/h3-7H,2H2,1H3,(H,13,15). The molecule has 0 spiro atoms. The van der Waals surface area contributed by atoms with Crippen molar-refractivity contribution in [2.24, 2.45) is 0 Å². The Morgan fingerprint density at radius 2 is 2.13 bits per heavy atom. The summed E-state index contributed by atoms with van der Waals surface area (Å²) < 4.78 is 1.60. The molecule has 0 atom stereocenters. The van der Waals surface area contributed by atoms with Gasteiger partial charge in [-0.05, 0) is 18.6 Å². The fourth-order valence-electron chi connectivity index (χ4n) is 1.56. The molecule has 0 saturated carbocycles. The molecule has 0 radical (unpaired) electrons. The molecule has 15 heavy (non-hydrogen) atoms. The molecule has 0 fully saturated rings. The molecule has 1 heterocycles. The fourth-order valence-corrected chi connectivity index (χ4v) is 1.78. The summed E-state index contributed by atoms with van der Waals surface area (Å²) in [6, 6.07) is 7.31. The van der Waals surface area contributed by atoms with Gasteiger partial charge in [0.15, 0.2) is 0 Å². The molecule has 0 amide bonds. The van der Waals surface area contributed by atoms with E-state index in [9.17, 15) is 4.79 Å². The Hall–Kier alpha value is -1.48. The maximum Gasteiger partial charge on any atom is 0.330 e. The van der Waals surface area contributed by atoms with E-state index in [0.29, 0.717) is 5.02 Å². The van der Waals surface area contributed by atoms with E-state index in [2.05, 4.69) is 4.98 Å². The number of para-hydroxylation sites is 1. The third-order valence-corrected chi connectivity index (χ3v) is 2.63. The van der Waals surface area contributed by atoms with Gasteiger partial charge in [0.1, 0.15) is 0 Å². The van der Waals surface area contributed by atoms with Crippen LogP contribution in [0.15, 0.2) is 35.3 Å². The molecule has 0 aliphatic carbocycles.